The first kappa shape index (κ1) is 15.8. The number of aryl methyl sites for hydroxylation is 1. The Morgan fingerprint density at radius 2 is 2.00 bits per heavy atom. The van der Waals surface area contributed by atoms with Crippen molar-refractivity contribution in [3.05, 3.63) is 46.8 Å². The van der Waals surface area contributed by atoms with E-state index in [0.717, 1.165) is 12.0 Å². The van der Waals surface area contributed by atoms with Gasteiger partial charge in [0.25, 0.3) is 11.8 Å². The van der Waals surface area contributed by atoms with Crippen LogP contribution in [0.1, 0.15) is 58.8 Å². The van der Waals surface area contributed by atoms with Gasteiger partial charge in [-0.3, -0.25) is 14.7 Å². The van der Waals surface area contributed by atoms with Gasteiger partial charge in [0.15, 0.2) is 5.69 Å². The van der Waals surface area contributed by atoms with Crippen LogP contribution in [0.25, 0.3) is 0 Å². The molecule has 0 unspecified atom stereocenters. The number of carbonyl (C=O) groups excluding carboxylic acids is 2. The molecule has 2 amide bonds. The Hall–Kier alpha value is -2.63. The lowest BCUT2D eigenvalue weighted by molar-refractivity contribution is 0.0996. The largest absolute Gasteiger partial charge is 0.364 e. The van der Waals surface area contributed by atoms with Crippen LogP contribution in [0.4, 0.5) is 5.69 Å². The van der Waals surface area contributed by atoms with Crippen molar-refractivity contribution in [2.45, 2.75) is 33.1 Å². The molecule has 6 heteroatoms. The van der Waals surface area contributed by atoms with Crippen LogP contribution in [-0.4, -0.2) is 22.0 Å². The van der Waals surface area contributed by atoms with Crippen LogP contribution in [0.5, 0.6) is 0 Å². The van der Waals surface area contributed by atoms with Crippen LogP contribution in [0, 0.1) is 0 Å². The standard InChI is InChI=1S/C16H20N4O2/c1-4-10-7-5-6-8-11(10)16(22)18-13-12(9(2)3)19-20-14(13)15(17)21/h5-9H,4H2,1-3H3,(H2,17,21)(H,18,22)(H,19,20). The van der Waals surface area contributed by atoms with E-state index in [2.05, 4.69) is 15.5 Å². The van der Waals surface area contributed by atoms with Gasteiger partial charge in [0.05, 0.1) is 11.4 Å². The van der Waals surface area contributed by atoms with E-state index in [1.54, 1.807) is 6.07 Å². The lowest BCUT2D eigenvalue weighted by Crippen LogP contribution is -2.19. The van der Waals surface area contributed by atoms with Crippen molar-refractivity contribution in [1.82, 2.24) is 10.2 Å². The summed E-state index contributed by atoms with van der Waals surface area (Å²) in [5.74, 6) is -0.886. The number of rotatable bonds is 5. The lowest BCUT2D eigenvalue weighted by atomic mass is 10.0. The number of nitrogens with one attached hydrogen (secondary N) is 2. The van der Waals surface area contributed by atoms with Crippen LogP contribution >= 0.6 is 0 Å². The summed E-state index contributed by atoms with van der Waals surface area (Å²) in [4.78, 5) is 24.0. The van der Waals surface area contributed by atoms with E-state index in [1.165, 1.54) is 0 Å². The van der Waals surface area contributed by atoms with E-state index >= 15 is 0 Å². The summed E-state index contributed by atoms with van der Waals surface area (Å²) in [6.07, 6.45) is 0.745. The van der Waals surface area contributed by atoms with Gasteiger partial charge in [-0.05, 0) is 24.0 Å². The summed E-state index contributed by atoms with van der Waals surface area (Å²) in [6, 6.07) is 7.36. The van der Waals surface area contributed by atoms with E-state index in [4.69, 9.17) is 5.73 Å². The Kier molecular flexibility index (Phi) is 4.60. The normalized spacial score (nSPS) is 10.7. The fraction of sp³-hybridized carbons (Fsp3) is 0.312. The molecule has 2 rings (SSSR count). The molecule has 0 saturated carbocycles. The number of hydrogen-bond acceptors (Lipinski definition) is 3. The number of anilines is 1. The Morgan fingerprint density at radius 1 is 1.32 bits per heavy atom. The van der Waals surface area contributed by atoms with Crippen molar-refractivity contribution in [2.75, 3.05) is 5.32 Å². The molecule has 0 aliphatic heterocycles. The highest BCUT2D eigenvalue weighted by atomic mass is 16.2. The number of H-pyrrole nitrogens is 1. The molecule has 0 radical (unpaired) electrons. The second kappa shape index (κ2) is 6.43. The number of carbonyl (C=O) groups is 2. The van der Waals surface area contributed by atoms with Gasteiger partial charge in [-0.1, -0.05) is 39.0 Å². The second-order valence-corrected chi connectivity index (χ2v) is 5.34. The van der Waals surface area contributed by atoms with Gasteiger partial charge < -0.3 is 11.1 Å². The van der Waals surface area contributed by atoms with E-state index < -0.39 is 5.91 Å². The first-order valence-corrected chi connectivity index (χ1v) is 7.23. The van der Waals surface area contributed by atoms with Crippen molar-refractivity contribution in [2.24, 2.45) is 5.73 Å². The third-order valence-corrected chi connectivity index (χ3v) is 3.49. The molecule has 2 aromatic rings. The maximum absolute atomic E-state index is 12.5. The number of amides is 2. The van der Waals surface area contributed by atoms with Crippen molar-refractivity contribution < 1.29 is 9.59 Å². The number of aromatic amines is 1. The summed E-state index contributed by atoms with van der Waals surface area (Å²) < 4.78 is 0. The van der Waals surface area contributed by atoms with E-state index in [1.807, 2.05) is 39.0 Å². The summed E-state index contributed by atoms with van der Waals surface area (Å²) in [6.45, 7) is 5.86. The van der Waals surface area contributed by atoms with Gasteiger partial charge in [-0.25, -0.2) is 0 Å². The number of nitrogens with zero attached hydrogens (tertiary/aromatic N) is 1. The van der Waals surface area contributed by atoms with E-state index in [-0.39, 0.29) is 17.5 Å². The maximum Gasteiger partial charge on any atom is 0.271 e. The van der Waals surface area contributed by atoms with Gasteiger partial charge in [-0.15, -0.1) is 0 Å². The van der Waals surface area contributed by atoms with Crippen molar-refractivity contribution in [3.8, 4) is 0 Å². The Bertz CT molecular complexity index is 704. The molecule has 0 atom stereocenters. The van der Waals surface area contributed by atoms with Gasteiger partial charge in [0.2, 0.25) is 0 Å². The summed E-state index contributed by atoms with van der Waals surface area (Å²) >= 11 is 0. The predicted octanol–water partition coefficient (Wildman–Crippen LogP) is 2.45. The molecule has 0 aliphatic carbocycles. The van der Waals surface area contributed by atoms with Crippen LogP contribution in [-0.2, 0) is 6.42 Å². The molecule has 0 saturated heterocycles. The summed E-state index contributed by atoms with van der Waals surface area (Å²) in [5.41, 5.74) is 7.93. The highest BCUT2D eigenvalue weighted by Crippen LogP contribution is 2.26. The monoisotopic (exact) mass is 300 g/mol. The molecular formula is C16H20N4O2. The zero-order valence-corrected chi connectivity index (χ0v) is 12.9. The maximum atomic E-state index is 12.5. The Labute approximate surface area is 129 Å². The number of benzene rings is 1. The van der Waals surface area contributed by atoms with Gasteiger partial charge in [0.1, 0.15) is 0 Å². The molecule has 6 nitrogen and oxygen atoms in total. The van der Waals surface area contributed by atoms with Gasteiger partial charge >= 0.3 is 0 Å². The third kappa shape index (κ3) is 3.00. The zero-order chi connectivity index (χ0) is 16.3. The molecule has 0 bridgehead atoms. The number of primary amides is 1. The van der Waals surface area contributed by atoms with Gasteiger partial charge in [0, 0.05) is 5.56 Å². The fourth-order valence-corrected chi connectivity index (χ4v) is 2.31. The highest BCUT2D eigenvalue weighted by Gasteiger charge is 2.22. The zero-order valence-electron chi connectivity index (χ0n) is 12.9. The Morgan fingerprint density at radius 3 is 2.59 bits per heavy atom. The molecule has 1 aromatic carbocycles. The van der Waals surface area contributed by atoms with E-state index in [0.29, 0.717) is 16.9 Å². The molecule has 4 N–H and O–H groups in total. The van der Waals surface area contributed by atoms with Crippen LogP contribution in [0.15, 0.2) is 24.3 Å². The quantitative estimate of drug-likeness (QED) is 0.790. The van der Waals surface area contributed by atoms with E-state index in [9.17, 15) is 9.59 Å². The van der Waals surface area contributed by atoms with Crippen molar-refractivity contribution in [1.29, 1.82) is 0 Å². The van der Waals surface area contributed by atoms with Crippen molar-refractivity contribution in [3.63, 3.8) is 0 Å². The molecule has 0 spiro atoms. The number of nitrogens with two attached hydrogens (primary N) is 1. The minimum Gasteiger partial charge on any atom is -0.364 e. The third-order valence-electron chi connectivity index (χ3n) is 3.49. The molecule has 1 heterocycles. The SMILES string of the molecule is CCc1ccccc1C(=O)Nc1c(C(N)=O)n[nH]c1C(C)C. The van der Waals surface area contributed by atoms with Crippen LogP contribution < -0.4 is 11.1 Å². The summed E-state index contributed by atoms with van der Waals surface area (Å²) in [7, 11) is 0. The second-order valence-electron chi connectivity index (χ2n) is 5.34. The molecular weight excluding hydrogens is 280 g/mol. The average Bonchev–Trinajstić information content (AvgIpc) is 2.91. The van der Waals surface area contributed by atoms with Crippen molar-refractivity contribution >= 4 is 17.5 Å². The molecule has 0 fully saturated rings. The first-order valence-electron chi connectivity index (χ1n) is 7.23. The average molecular weight is 300 g/mol. The van der Waals surface area contributed by atoms with Gasteiger partial charge in [-0.2, -0.15) is 5.10 Å². The predicted molar refractivity (Wildman–Crippen MR) is 85.0 cm³/mol. The van der Waals surface area contributed by atoms with Crippen LogP contribution in [0.2, 0.25) is 0 Å². The molecule has 116 valence electrons. The highest BCUT2D eigenvalue weighted by molar-refractivity contribution is 6.09. The topological polar surface area (TPSA) is 101 Å². The van der Waals surface area contributed by atoms with Crippen LogP contribution in [0.3, 0.4) is 0 Å². The smallest absolute Gasteiger partial charge is 0.271 e. The lowest BCUT2D eigenvalue weighted by Gasteiger charge is -2.11. The molecule has 22 heavy (non-hydrogen) atoms. The minimum absolute atomic E-state index is 0.0472. The fourth-order valence-electron chi connectivity index (χ4n) is 2.31. The Balaban J connectivity index is 2.39. The molecule has 0 aliphatic rings. The minimum atomic E-state index is -0.678. The summed E-state index contributed by atoms with van der Waals surface area (Å²) in [5, 5.41) is 9.47. The first-order chi connectivity index (χ1) is 10.5. The molecule has 1 aromatic heterocycles. The number of aromatic nitrogens is 2. The number of hydrogen-bond donors (Lipinski definition) is 3.